The maximum atomic E-state index is 9.75. The van der Waals surface area contributed by atoms with Crippen molar-refractivity contribution in [1.82, 2.24) is 14.9 Å². The Labute approximate surface area is 152 Å². The van der Waals surface area contributed by atoms with Gasteiger partial charge in [-0.25, -0.2) is 9.97 Å². The molecule has 2 saturated heterocycles. The van der Waals surface area contributed by atoms with E-state index in [1.807, 2.05) is 12.4 Å². The summed E-state index contributed by atoms with van der Waals surface area (Å²) >= 11 is 3.42. The van der Waals surface area contributed by atoms with E-state index in [0.29, 0.717) is 11.5 Å². The number of aliphatic hydroxyl groups is 1. The molecule has 0 aromatic carbocycles. The topological polar surface area (TPSA) is 52.5 Å². The average molecular weight is 395 g/mol. The van der Waals surface area contributed by atoms with Crippen molar-refractivity contribution in [2.75, 3.05) is 31.1 Å². The molecule has 0 unspecified atom stereocenters. The second-order valence-corrected chi connectivity index (χ2v) is 8.82. The Morgan fingerprint density at radius 1 is 1.04 bits per heavy atom. The molecule has 1 aliphatic carbocycles. The van der Waals surface area contributed by atoms with E-state index in [4.69, 9.17) is 0 Å². The number of nitrogens with zero attached hydrogens (tertiary/aromatic N) is 4. The standard InChI is InChI=1S/C18H27BrN4O/c19-14-10-20-17(21-11-14)23-8-1-6-18(13-23)7-9-22(12-18)15-2-4-16(24)5-3-15/h10-11,15-16,24H,1-9,12-13H2/t15?,16?,18-/m1/s1. The van der Waals surface area contributed by atoms with Gasteiger partial charge in [0.1, 0.15) is 0 Å². The van der Waals surface area contributed by atoms with Gasteiger partial charge in [-0.2, -0.15) is 0 Å². The quantitative estimate of drug-likeness (QED) is 0.835. The summed E-state index contributed by atoms with van der Waals surface area (Å²) in [5.74, 6) is 0.872. The normalized spacial score (nSPS) is 34.8. The van der Waals surface area contributed by atoms with Crippen molar-refractivity contribution in [2.24, 2.45) is 5.41 Å². The van der Waals surface area contributed by atoms with Crippen LogP contribution >= 0.6 is 15.9 Å². The summed E-state index contributed by atoms with van der Waals surface area (Å²) in [5, 5.41) is 9.75. The highest BCUT2D eigenvalue weighted by Gasteiger charge is 2.43. The Kier molecular flexibility index (Phi) is 4.80. The van der Waals surface area contributed by atoms with Gasteiger partial charge in [-0.3, -0.25) is 4.90 Å². The van der Waals surface area contributed by atoms with Crippen LogP contribution in [-0.2, 0) is 0 Å². The second-order valence-electron chi connectivity index (χ2n) is 7.91. The maximum Gasteiger partial charge on any atom is 0.225 e. The van der Waals surface area contributed by atoms with Gasteiger partial charge in [-0.1, -0.05) is 0 Å². The number of rotatable bonds is 2. The first-order valence-corrected chi connectivity index (χ1v) is 10.1. The largest absolute Gasteiger partial charge is 0.393 e. The zero-order chi connectivity index (χ0) is 16.6. The van der Waals surface area contributed by atoms with Gasteiger partial charge in [0, 0.05) is 43.5 Å². The highest BCUT2D eigenvalue weighted by atomic mass is 79.9. The smallest absolute Gasteiger partial charge is 0.225 e. The van der Waals surface area contributed by atoms with E-state index in [1.54, 1.807) is 0 Å². The Morgan fingerprint density at radius 3 is 2.54 bits per heavy atom. The lowest BCUT2D eigenvalue weighted by Gasteiger charge is -2.41. The van der Waals surface area contributed by atoms with E-state index in [1.165, 1.54) is 32.4 Å². The molecule has 3 aliphatic rings. The van der Waals surface area contributed by atoms with Crippen molar-refractivity contribution >= 4 is 21.9 Å². The van der Waals surface area contributed by atoms with Crippen LogP contribution in [0.4, 0.5) is 5.95 Å². The zero-order valence-corrected chi connectivity index (χ0v) is 15.8. The van der Waals surface area contributed by atoms with Crippen LogP contribution in [0.15, 0.2) is 16.9 Å². The molecule has 132 valence electrons. The highest BCUT2D eigenvalue weighted by Crippen LogP contribution is 2.41. The summed E-state index contributed by atoms with van der Waals surface area (Å²) in [4.78, 5) is 14.1. The molecule has 2 aliphatic heterocycles. The summed E-state index contributed by atoms with van der Waals surface area (Å²) in [7, 11) is 0. The monoisotopic (exact) mass is 394 g/mol. The van der Waals surface area contributed by atoms with Crippen molar-refractivity contribution in [3.8, 4) is 0 Å². The van der Waals surface area contributed by atoms with E-state index >= 15 is 0 Å². The molecule has 1 spiro atoms. The average Bonchev–Trinajstić information content (AvgIpc) is 2.99. The fourth-order valence-corrected chi connectivity index (χ4v) is 5.09. The number of hydrogen-bond donors (Lipinski definition) is 1. The molecule has 0 radical (unpaired) electrons. The van der Waals surface area contributed by atoms with Gasteiger partial charge < -0.3 is 10.0 Å². The van der Waals surface area contributed by atoms with Gasteiger partial charge in [-0.15, -0.1) is 0 Å². The summed E-state index contributed by atoms with van der Waals surface area (Å²) in [6, 6.07) is 0.687. The molecule has 1 N–H and O–H groups in total. The molecule has 1 aromatic heterocycles. The van der Waals surface area contributed by atoms with Gasteiger partial charge in [0.25, 0.3) is 0 Å². The third-order valence-corrected chi connectivity index (χ3v) is 6.61. The SMILES string of the molecule is OC1CCC(N2CC[C@]3(CCCN(c4ncc(Br)cn4)C3)C2)CC1. The van der Waals surface area contributed by atoms with Crippen LogP contribution in [0.25, 0.3) is 0 Å². The molecule has 24 heavy (non-hydrogen) atoms. The summed E-state index contributed by atoms with van der Waals surface area (Å²) in [6.45, 7) is 4.58. The minimum atomic E-state index is -0.0578. The molecule has 1 aromatic rings. The highest BCUT2D eigenvalue weighted by molar-refractivity contribution is 9.10. The third kappa shape index (κ3) is 3.46. The molecule has 4 rings (SSSR count). The molecule has 3 heterocycles. The number of anilines is 1. The van der Waals surface area contributed by atoms with Gasteiger partial charge in [0.2, 0.25) is 5.95 Å². The maximum absolute atomic E-state index is 9.75. The number of piperidine rings is 1. The molecule has 1 saturated carbocycles. The second kappa shape index (κ2) is 6.89. The molecule has 1 atom stereocenters. The third-order valence-electron chi connectivity index (χ3n) is 6.20. The van der Waals surface area contributed by atoms with Crippen LogP contribution < -0.4 is 4.90 Å². The van der Waals surface area contributed by atoms with E-state index in [0.717, 1.165) is 49.2 Å². The van der Waals surface area contributed by atoms with Crippen molar-refractivity contribution < 1.29 is 5.11 Å². The molecule has 0 bridgehead atoms. The van der Waals surface area contributed by atoms with Crippen molar-refractivity contribution in [1.29, 1.82) is 0 Å². The van der Waals surface area contributed by atoms with Gasteiger partial charge in [0.15, 0.2) is 0 Å². The van der Waals surface area contributed by atoms with Crippen LogP contribution in [-0.4, -0.2) is 58.3 Å². The first kappa shape index (κ1) is 16.7. The van der Waals surface area contributed by atoms with Gasteiger partial charge in [-0.05, 0) is 67.4 Å². The van der Waals surface area contributed by atoms with Crippen molar-refractivity contribution in [3.63, 3.8) is 0 Å². The fourth-order valence-electron chi connectivity index (χ4n) is 4.89. The van der Waals surface area contributed by atoms with Crippen LogP contribution in [0.2, 0.25) is 0 Å². The first-order valence-electron chi connectivity index (χ1n) is 9.28. The Bertz CT molecular complexity index is 561. The van der Waals surface area contributed by atoms with Crippen molar-refractivity contribution in [3.05, 3.63) is 16.9 Å². The van der Waals surface area contributed by atoms with E-state index in [2.05, 4.69) is 35.7 Å². The number of aromatic nitrogens is 2. The number of aliphatic hydroxyl groups excluding tert-OH is 1. The fraction of sp³-hybridized carbons (Fsp3) is 0.778. The summed E-state index contributed by atoms with van der Waals surface area (Å²) < 4.78 is 0.935. The molecular formula is C18H27BrN4O. The molecule has 6 heteroatoms. The van der Waals surface area contributed by atoms with E-state index in [9.17, 15) is 5.11 Å². The predicted molar refractivity (Wildman–Crippen MR) is 98.1 cm³/mol. The van der Waals surface area contributed by atoms with Gasteiger partial charge in [0.05, 0.1) is 10.6 Å². The zero-order valence-electron chi connectivity index (χ0n) is 14.2. The van der Waals surface area contributed by atoms with Crippen molar-refractivity contribution in [2.45, 2.75) is 57.1 Å². The summed E-state index contributed by atoms with van der Waals surface area (Å²) in [5.41, 5.74) is 0.407. The van der Waals surface area contributed by atoms with Crippen LogP contribution in [0.3, 0.4) is 0 Å². The van der Waals surface area contributed by atoms with Gasteiger partial charge >= 0.3 is 0 Å². The Balaban J connectivity index is 1.41. The molecule has 0 amide bonds. The minimum Gasteiger partial charge on any atom is -0.393 e. The molecule has 5 nitrogen and oxygen atoms in total. The predicted octanol–water partition coefficient (Wildman–Crippen LogP) is 2.83. The lowest BCUT2D eigenvalue weighted by Crippen LogP contribution is -2.47. The number of likely N-dealkylation sites (tertiary alicyclic amines) is 1. The summed E-state index contributed by atoms with van der Waals surface area (Å²) in [6.07, 6.45) is 11.8. The van der Waals surface area contributed by atoms with E-state index < -0.39 is 0 Å². The van der Waals surface area contributed by atoms with Crippen LogP contribution in [0.5, 0.6) is 0 Å². The van der Waals surface area contributed by atoms with Crippen LogP contribution in [0.1, 0.15) is 44.9 Å². The lowest BCUT2D eigenvalue weighted by molar-refractivity contribution is 0.0770. The first-order chi connectivity index (χ1) is 11.6. The molecule has 3 fully saturated rings. The number of hydrogen-bond acceptors (Lipinski definition) is 5. The number of halogens is 1. The minimum absolute atomic E-state index is 0.0578. The Hall–Kier alpha value is -0.720. The van der Waals surface area contributed by atoms with Crippen LogP contribution in [0, 0.1) is 5.41 Å². The lowest BCUT2D eigenvalue weighted by atomic mass is 9.79. The Morgan fingerprint density at radius 2 is 1.79 bits per heavy atom. The van der Waals surface area contributed by atoms with E-state index in [-0.39, 0.29) is 6.10 Å². The molecular weight excluding hydrogens is 368 g/mol.